The van der Waals surface area contributed by atoms with Crippen LogP contribution in [0.3, 0.4) is 0 Å². The van der Waals surface area contributed by atoms with Gasteiger partial charge in [0.2, 0.25) is 0 Å². The van der Waals surface area contributed by atoms with Gasteiger partial charge in [-0.15, -0.1) is 0 Å². The highest BCUT2D eigenvalue weighted by atomic mass is 15.1. The molecule has 4 nitrogen and oxygen atoms in total. The zero-order valence-corrected chi connectivity index (χ0v) is 9.12. The Bertz CT molecular complexity index is 365. The van der Waals surface area contributed by atoms with Gasteiger partial charge in [-0.3, -0.25) is 0 Å². The van der Waals surface area contributed by atoms with Gasteiger partial charge in [0, 0.05) is 13.1 Å². The Balaban J connectivity index is 2.59. The molecule has 0 heterocycles. The number of hydrogen-bond donors (Lipinski definition) is 2. The van der Waals surface area contributed by atoms with Gasteiger partial charge in [0.15, 0.2) is 0 Å². The van der Waals surface area contributed by atoms with E-state index in [1.807, 2.05) is 20.2 Å². The van der Waals surface area contributed by atoms with Crippen molar-refractivity contribution < 1.29 is 0 Å². The molecule has 0 saturated heterocycles. The molecule has 15 heavy (non-hydrogen) atoms. The maximum Gasteiger partial charge on any atom is 0.0992 e. The molecule has 0 unspecified atom stereocenters. The molecule has 0 aliphatic heterocycles. The molecule has 0 atom stereocenters. The van der Waals surface area contributed by atoms with Crippen molar-refractivity contribution in [3.05, 3.63) is 23.8 Å². The average molecular weight is 204 g/mol. The predicted molar refractivity (Wildman–Crippen MR) is 62.6 cm³/mol. The lowest BCUT2D eigenvalue weighted by Crippen LogP contribution is -2.21. The van der Waals surface area contributed by atoms with Gasteiger partial charge >= 0.3 is 0 Å². The summed E-state index contributed by atoms with van der Waals surface area (Å²) in [7, 11) is 4.04. The summed E-state index contributed by atoms with van der Waals surface area (Å²) in [4.78, 5) is 2.09. The minimum atomic E-state index is 0.589. The number of nitrogens with two attached hydrogens (primary N) is 1. The van der Waals surface area contributed by atoms with Crippen molar-refractivity contribution in [2.45, 2.75) is 0 Å². The first-order valence-corrected chi connectivity index (χ1v) is 4.81. The van der Waals surface area contributed by atoms with Gasteiger partial charge in [-0.2, -0.15) is 5.26 Å². The summed E-state index contributed by atoms with van der Waals surface area (Å²) in [5.41, 5.74) is 7.88. The van der Waals surface area contributed by atoms with Crippen molar-refractivity contribution in [3.63, 3.8) is 0 Å². The number of nitrogens with zero attached hydrogens (tertiary/aromatic N) is 2. The van der Waals surface area contributed by atoms with E-state index in [-0.39, 0.29) is 0 Å². The van der Waals surface area contributed by atoms with Gasteiger partial charge < -0.3 is 16.0 Å². The molecule has 80 valence electrons. The van der Waals surface area contributed by atoms with Crippen LogP contribution in [0.25, 0.3) is 0 Å². The maximum atomic E-state index is 8.67. The number of benzene rings is 1. The monoisotopic (exact) mass is 204 g/mol. The number of nitriles is 1. The number of likely N-dealkylation sites (N-methyl/N-ethyl adjacent to an activating group) is 1. The molecule has 0 radical (unpaired) electrons. The van der Waals surface area contributed by atoms with Gasteiger partial charge in [0.05, 0.1) is 23.0 Å². The summed E-state index contributed by atoms with van der Waals surface area (Å²) in [6.45, 7) is 1.78. The summed E-state index contributed by atoms with van der Waals surface area (Å²) >= 11 is 0. The van der Waals surface area contributed by atoms with E-state index < -0.39 is 0 Å². The Labute approximate surface area is 90.3 Å². The third kappa shape index (κ3) is 3.49. The molecule has 1 aromatic rings. The molecule has 4 heteroatoms. The minimum Gasteiger partial charge on any atom is -0.397 e. The fraction of sp³-hybridized carbons (Fsp3) is 0.364. The van der Waals surface area contributed by atoms with Crippen molar-refractivity contribution in [3.8, 4) is 6.07 Å². The average Bonchev–Trinajstić information content (AvgIpc) is 2.20. The lowest BCUT2D eigenvalue weighted by molar-refractivity contribution is 0.425. The first kappa shape index (κ1) is 11.3. The van der Waals surface area contributed by atoms with Gasteiger partial charge in [0.1, 0.15) is 0 Å². The first-order valence-electron chi connectivity index (χ1n) is 4.81. The molecule has 0 saturated carbocycles. The van der Waals surface area contributed by atoms with Gasteiger partial charge in [-0.05, 0) is 32.3 Å². The Morgan fingerprint density at radius 2 is 2.20 bits per heavy atom. The molecule has 0 amide bonds. The topological polar surface area (TPSA) is 65.1 Å². The second kappa shape index (κ2) is 5.23. The second-order valence-electron chi connectivity index (χ2n) is 3.64. The first-order chi connectivity index (χ1) is 7.13. The Morgan fingerprint density at radius 3 is 2.73 bits per heavy atom. The number of nitrogen functional groups attached to an aromatic ring is 1. The summed E-state index contributed by atoms with van der Waals surface area (Å²) in [6.07, 6.45) is 0. The number of nitrogens with one attached hydrogen (secondary N) is 1. The number of hydrogen-bond acceptors (Lipinski definition) is 4. The summed E-state index contributed by atoms with van der Waals surface area (Å²) in [5, 5.41) is 11.9. The third-order valence-electron chi connectivity index (χ3n) is 2.06. The molecule has 0 spiro atoms. The molecule has 0 bridgehead atoms. The third-order valence-corrected chi connectivity index (χ3v) is 2.06. The van der Waals surface area contributed by atoms with E-state index in [1.165, 1.54) is 0 Å². The molecular weight excluding hydrogens is 188 g/mol. The Kier molecular flexibility index (Phi) is 3.95. The molecule has 0 aliphatic rings. The smallest absolute Gasteiger partial charge is 0.0992 e. The molecule has 0 aliphatic carbocycles. The van der Waals surface area contributed by atoms with Crippen molar-refractivity contribution in [2.24, 2.45) is 0 Å². The van der Waals surface area contributed by atoms with Crippen LogP contribution in [0.2, 0.25) is 0 Å². The summed E-state index contributed by atoms with van der Waals surface area (Å²) < 4.78 is 0. The van der Waals surface area contributed by atoms with Crippen LogP contribution in [0.5, 0.6) is 0 Å². The van der Waals surface area contributed by atoms with Gasteiger partial charge in [-0.1, -0.05) is 0 Å². The van der Waals surface area contributed by atoms with E-state index in [0.29, 0.717) is 11.3 Å². The maximum absolute atomic E-state index is 8.67. The van der Waals surface area contributed by atoms with Crippen molar-refractivity contribution in [1.29, 1.82) is 5.26 Å². The van der Waals surface area contributed by atoms with E-state index in [2.05, 4.69) is 16.3 Å². The molecule has 0 aromatic heterocycles. The van der Waals surface area contributed by atoms with E-state index in [0.717, 1.165) is 18.8 Å². The highest BCUT2D eigenvalue weighted by molar-refractivity contribution is 5.68. The minimum absolute atomic E-state index is 0.589. The lowest BCUT2D eigenvalue weighted by atomic mass is 10.2. The quantitative estimate of drug-likeness (QED) is 0.721. The zero-order valence-electron chi connectivity index (χ0n) is 9.12. The van der Waals surface area contributed by atoms with Crippen LogP contribution >= 0.6 is 0 Å². The van der Waals surface area contributed by atoms with E-state index >= 15 is 0 Å². The fourth-order valence-electron chi connectivity index (χ4n) is 1.21. The van der Waals surface area contributed by atoms with Gasteiger partial charge in [0.25, 0.3) is 0 Å². The number of rotatable bonds is 4. The fourth-order valence-corrected chi connectivity index (χ4v) is 1.21. The largest absolute Gasteiger partial charge is 0.397 e. The van der Waals surface area contributed by atoms with Crippen molar-refractivity contribution in [1.82, 2.24) is 4.90 Å². The molecule has 1 rings (SSSR count). The van der Waals surface area contributed by atoms with Crippen molar-refractivity contribution >= 4 is 11.4 Å². The van der Waals surface area contributed by atoms with E-state index in [4.69, 9.17) is 11.0 Å². The van der Waals surface area contributed by atoms with Crippen LogP contribution in [-0.2, 0) is 0 Å². The summed E-state index contributed by atoms with van der Waals surface area (Å²) in [6, 6.07) is 7.33. The number of anilines is 2. The van der Waals surface area contributed by atoms with Gasteiger partial charge in [-0.25, -0.2) is 0 Å². The summed E-state index contributed by atoms with van der Waals surface area (Å²) in [5.74, 6) is 0. The highest BCUT2D eigenvalue weighted by Gasteiger charge is 1.99. The Hall–Kier alpha value is -1.73. The highest BCUT2D eigenvalue weighted by Crippen LogP contribution is 2.18. The van der Waals surface area contributed by atoms with Crippen LogP contribution in [0.4, 0.5) is 11.4 Å². The zero-order chi connectivity index (χ0) is 11.3. The van der Waals surface area contributed by atoms with Crippen LogP contribution in [0.1, 0.15) is 5.56 Å². The standard InChI is InChI=1S/C11H16N4/c1-15(2)6-5-14-11-4-3-9(8-12)7-10(11)13/h3-4,7,14H,5-6,13H2,1-2H3. The molecule has 1 aromatic carbocycles. The normalized spacial score (nSPS) is 10.0. The van der Waals surface area contributed by atoms with Crippen LogP contribution in [0.15, 0.2) is 18.2 Å². The Morgan fingerprint density at radius 1 is 1.47 bits per heavy atom. The van der Waals surface area contributed by atoms with E-state index in [1.54, 1.807) is 12.1 Å². The van der Waals surface area contributed by atoms with Crippen LogP contribution in [0, 0.1) is 11.3 Å². The molecule has 3 N–H and O–H groups in total. The van der Waals surface area contributed by atoms with E-state index in [9.17, 15) is 0 Å². The molecular formula is C11H16N4. The SMILES string of the molecule is CN(C)CCNc1ccc(C#N)cc1N. The van der Waals surface area contributed by atoms with Crippen LogP contribution < -0.4 is 11.1 Å². The second-order valence-corrected chi connectivity index (χ2v) is 3.64. The van der Waals surface area contributed by atoms with Crippen LogP contribution in [-0.4, -0.2) is 32.1 Å². The van der Waals surface area contributed by atoms with Crippen molar-refractivity contribution in [2.75, 3.05) is 38.2 Å². The lowest BCUT2D eigenvalue weighted by Gasteiger charge is -2.12. The predicted octanol–water partition coefficient (Wildman–Crippen LogP) is 1.11. The molecule has 0 fully saturated rings.